The Morgan fingerprint density at radius 2 is 1.94 bits per heavy atom. The third-order valence-electron chi connectivity index (χ3n) is 6.67. The number of nitrogens with zero attached hydrogens (tertiary/aromatic N) is 1. The van der Waals surface area contributed by atoms with Crippen LogP contribution in [0.25, 0.3) is 0 Å². The summed E-state index contributed by atoms with van der Waals surface area (Å²) in [5.41, 5.74) is 1.34. The van der Waals surface area contributed by atoms with E-state index < -0.39 is 10.0 Å². The fraction of sp³-hybridized carbons (Fsp3) is 0.435. The zero-order valence-electron chi connectivity index (χ0n) is 17.6. The molecule has 32 heavy (non-hydrogen) atoms. The fourth-order valence-electron chi connectivity index (χ4n) is 4.88. The van der Waals surface area contributed by atoms with Crippen molar-refractivity contribution in [3.8, 4) is 5.75 Å². The number of nitrogens with one attached hydrogen (secondary N) is 2. The average molecular weight is 476 g/mol. The summed E-state index contributed by atoms with van der Waals surface area (Å²) in [6.45, 7) is 3.12. The fourth-order valence-corrected chi connectivity index (χ4v) is 6.42. The summed E-state index contributed by atoms with van der Waals surface area (Å²) >= 11 is 6.06. The van der Waals surface area contributed by atoms with E-state index in [0.29, 0.717) is 23.0 Å². The van der Waals surface area contributed by atoms with Gasteiger partial charge in [0, 0.05) is 23.3 Å². The molecule has 9 heteroatoms. The van der Waals surface area contributed by atoms with E-state index in [1.165, 1.54) is 6.07 Å². The molecule has 4 aliphatic rings. The number of fused-ring (bicyclic) bond motifs is 4. The molecule has 2 aromatic carbocycles. The molecule has 4 heterocycles. The van der Waals surface area contributed by atoms with Crippen molar-refractivity contribution in [2.45, 2.75) is 30.2 Å². The number of hydrogen-bond acceptors (Lipinski definition) is 5. The quantitative estimate of drug-likeness (QED) is 0.694. The predicted octanol–water partition coefficient (Wildman–Crippen LogP) is 2.90. The molecule has 0 spiro atoms. The molecule has 3 saturated heterocycles. The Morgan fingerprint density at radius 1 is 1.12 bits per heavy atom. The monoisotopic (exact) mass is 475 g/mol. The molecule has 0 saturated carbocycles. The lowest BCUT2D eigenvalue weighted by molar-refractivity contribution is -0.121. The molecular formula is C23H26ClN3O4S. The van der Waals surface area contributed by atoms with Crippen LogP contribution in [0.3, 0.4) is 0 Å². The first kappa shape index (κ1) is 21.7. The highest BCUT2D eigenvalue weighted by atomic mass is 35.5. The van der Waals surface area contributed by atoms with Crippen molar-refractivity contribution in [2.24, 2.45) is 11.8 Å². The molecule has 0 unspecified atom stereocenters. The lowest BCUT2D eigenvalue weighted by atomic mass is 9.85. The van der Waals surface area contributed by atoms with Gasteiger partial charge in [0.05, 0.1) is 10.8 Å². The summed E-state index contributed by atoms with van der Waals surface area (Å²) in [6.07, 6.45) is 2.57. The van der Waals surface area contributed by atoms with E-state index in [4.69, 9.17) is 16.3 Å². The average Bonchev–Trinajstić information content (AvgIpc) is 2.79. The van der Waals surface area contributed by atoms with Crippen molar-refractivity contribution in [3.63, 3.8) is 0 Å². The van der Waals surface area contributed by atoms with Gasteiger partial charge in [-0.2, -0.15) is 0 Å². The van der Waals surface area contributed by atoms with Gasteiger partial charge in [0.15, 0.2) is 0 Å². The van der Waals surface area contributed by atoms with Gasteiger partial charge in [-0.15, -0.1) is 0 Å². The Bertz CT molecular complexity index is 1130. The number of carbonyl (C=O) groups excluding carboxylic acids is 1. The minimum Gasteiger partial charge on any atom is -0.492 e. The van der Waals surface area contributed by atoms with Gasteiger partial charge in [0.25, 0.3) is 0 Å². The largest absolute Gasteiger partial charge is 0.492 e. The van der Waals surface area contributed by atoms with Crippen molar-refractivity contribution in [3.05, 3.63) is 53.1 Å². The van der Waals surface area contributed by atoms with E-state index in [-0.39, 0.29) is 29.4 Å². The number of piperidine rings is 3. The zero-order chi connectivity index (χ0) is 22.3. The van der Waals surface area contributed by atoms with E-state index in [9.17, 15) is 13.2 Å². The first-order valence-corrected chi connectivity index (χ1v) is 12.8. The highest BCUT2D eigenvalue weighted by molar-refractivity contribution is 7.89. The van der Waals surface area contributed by atoms with Gasteiger partial charge in [0.1, 0.15) is 12.4 Å². The molecule has 2 N–H and O–H groups in total. The van der Waals surface area contributed by atoms with Gasteiger partial charge in [0.2, 0.25) is 15.9 Å². The van der Waals surface area contributed by atoms with Crippen LogP contribution in [0.1, 0.15) is 18.4 Å². The molecular weight excluding hydrogens is 450 g/mol. The van der Waals surface area contributed by atoms with Crippen molar-refractivity contribution in [1.29, 1.82) is 0 Å². The second-order valence-electron chi connectivity index (χ2n) is 8.85. The minimum atomic E-state index is -3.68. The number of ether oxygens (including phenoxy) is 1. The summed E-state index contributed by atoms with van der Waals surface area (Å²) < 4.78 is 34.6. The van der Waals surface area contributed by atoms with Crippen LogP contribution in [0.5, 0.6) is 5.75 Å². The van der Waals surface area contributed by atoms with Crippen LogP contribution < -0.4 is 14.8 Å². The van der Waals surface area contributed by atoms with Gasteiger partial charge >= 0.3 is 0 Å². The molecule has 6 rings (SSSR count). The van der Waals surface area contributed by atoms with Crippen LogP contribution in [0.2, 0.25) is 5.02 Å². The maximum atomic E-state index is 13.0. The molecule has 4 aliphatic heterocycles. The SMILES string of the molecule is O=C(Nc1cccc(S(=O)(=O)N[C@@H]2CN3CCC2CC3)c1)[C@@H]1COc2ccc(Cl)cc2C1. The maximum Gasteiger partial charge on any atom is 0.240 e. The molecule has 170 valence electrons. The maximum absolute atomic E-state index is 13.0. The molecule has 1 amide bonds. The molecule has 2 bridgehead atoms. The van der Waals surface area contributed by atoms with Gasteiger partial charge in [-0.3, -0.25) is 4.79 Å². The van der Waals surface area contributed by atoms with E-state index in [1.54, 1.807) is 24.3 Å². The van der Waals surface area contributed by atoms with Crippen LogP contribution in [0, 0.1) is 11.8 Å². The van der Waals surface area contributed by atoms with Crippen molar-refractivity contribution >= 4 is 33.2 Å². The number of carbonyl (C=O) groups is 1. The topological polar surface area (TPSA) is 87.7 Å². The van der Waals surface area contributed by atoms with Gasteiger partial charge < -0.3 is 15.0 Å². The number of halogens is 1. The number of sulfonamides is 1. The molecule has 0 aliphatic carbocycles. The third kappa shape index (κ3) is 4.50. The van der Waals surface area contributed by atoms with Crippen LogP contribution >= 0.6 is 11.6 Å². The van der Waals surface area contributed by atoms with Crippen molar-refractivity contribution in [1.82, 2.24) is 9.62 Å². The third-order valence-corrected chi connectivity index (χ3v) is 8.40. The number of amides is 1. The first-order valence-electron chi connectivity index (χ1n) is 10.9. The van der Waals surface area contributed by atoms with E-state index in [0.717, 1.165) is 43.8 Å². The van der Waals surface area contributed by atoms with Crippen molar-refractivity contribution < 1.29 is 17.9 Å². The second-order valence-corrected chi connectivity index (χ2v) is 11.0. The van der Waals surface area contributed by atoms with Crippen molar-refractivity contribution in [2.75, 3.05) is 31.6 Å². The Balaban J connectivity index is 1.26. The van der Waals surface area contributed by atoms with Crippen LogP contribution in [0.4, 0.5) is 5.69 Å². The minimum absolute atomic E-state index is 0.0629. The Morgan fingerprint density at radius 3 is 2.69 bits per heavy atom. The van der Waals surface area contributed by atoms with Crippen LogP contribution in [-0.4, -0.2) is 51.5 Å². The molecule has 0 aromatic heterocycles. The lowest BCUT2D eigenvalue weighted by Crippen LogP contribution is -2.57. The second kappa shape index (κ2) is 8.67. The number of rotatable bonds is 5. The summed E-state index contributed by atoms with van der Waals surface area (Å²) in [5, 5.41) is 3.45. The normalized spacial score (nSPS) is 26.8. The highest BCUT2D eigenvalue weighted by Crippen LogP contribution is 2.31. The summed E-state index contributed by atoms with van der Waals surface area (Å²) in [5.74, 6) is 0.535. The van der Waals surface area contributed by atoms with Gasteiger partial charge in [-0.25, -0.2) is 13.1 Å². The highest BCUT2D eigenvalue weighted by Gasteiger charge is 2.36. The van der Waals surface area contributed by atoms with E-state index >= 15 is 0 Å². The first-order chi connectivity index (χ1) is 15.4. The van der Waals surface area contributed by atoms with E-state index in [1.807, 2.05) is 12.1 Å². The molecule has 7 nitrogen and oxygen atoms in total. The molecule has 0 radical (unpaired) electrons. The number of anilines is 1. The van der Waals surface area contributed by atoms with E-state index in [2.05, 4.69) is 14.9 Å². The van der Waals surface area contributed by atoms with Crippen LogP contribution in [-0.2, 0) is 21.2 Å². The Labute approximate surface area is 193 Å². The molecule has 2 aromatic rings. The van der Waals surface area contributed by atoms with Gasteiger partial charge in [-0.05, 0) is 80.2 Å². The molecule has 2 atom stereocenters. The Hall–Kier alpha value is -2.13. The number of benzene rings is 2. The van der Waals surface area contributed by atoms with Crippen LogP contribution in [0.15, 0.2) is 47.4 Å². The summed E-state index contributed by atoms with van der Waals surface area (Å²) in [7, 11) is -3.68. The standard InChI is InChI=1S/C23H26ClN3O4S/c24-18-4-5-22-16(11-18)10-17(14-31-22)23(28)25-19-2-1-3-20(12-19)32(29,30)26-21-13-27-8-6-15(21)7-9-27/h1-5,11-12,15,17,21,26H,6-10,13-14H2,(H,25,28)/t17-,21+/m0/s1. The number of hydrogen-bond donors (Lipinski definition) is 2. The molecule has 3 fully saturated rings. The lowest BCUT2D eigenvalue weighted by Gasteiger charge is -2.44. The van der Waals surface area contributed by atoms with Gasteiger partial charge in [-0.1, -0.05) is 17.7 Å². The summed E-state index contributed by atoms with van der Waals surface area (Å²) in [4.78, 5) is 15.3. The smallest absolute Gasteiger partial charge is 0.240 e. The zero-order valence-corrected chi connectivity index (χ0v) is 19.2. The Kier molecular flexibility index (Phi) is 5.88. The summed E-state index contributed by atoms with van der Waals surface area (Å²) in [6, 6.07) is 11.7. The predicted molar refractivity (Wildman–Crippen MR) is 122 cm³/mol.